The number of thiophene rings is 4. The molecule has 276 valence electrons. The highest BCUT2D eigenvalue weighted by molar-refractivity contribution is 7.32. The number of hydrogen-bond acceptors (Lipinski definition) is 8. The van der Waals surface area contributed by atoms with Gasteiger partial charge in [0.25, 0.3) is 0 Å². The Morgan fingerprint density at radius 3 is 1.87 bits per heavy atom. The average Bonchev–Trinajstić information content (AvgIpc) is 3.99. The van der Waals surface area contributed by atoms with E-state index in [1.807, 2.05) is 22.7 Å². The molecule has 0 saturated carbocycles. The summed E-state index contributed by atoms with van der Waals surface area (Å²) in [7, 11) is -1.82. The van der Waals surface area contributed by atoms with Crippen LogP contribution in [0.1, 0.15) is 112 Å². The van der Waals surface area contributed by atoms with Gasteiger partial charge < -0.3 is 5.11 Å². The van der Waals surface area contributed by atoms with Gasteiger partial charge in [-0.25, -0.2) is 0 Å². The van der Waals surface area contributed by atoms with Gasteiger partial charge in [0.15, 0.2) is 0 Å². The van der Waals surface area contributed by atoms with Crippen molar-refractivity contribution in [3.8, 4) is 40.4 Å². The molecule has 0 saturated heterocycles. The Balaban J connectivity index is 1.20. The van der Waals surface area contributed by atoms with Gasteiger partial charge in [0, 0.05) is 56.8 Å². The van der Waals surface area contributed by atoms with Gasteiger partial charge in [0.2, 0.25) is 0 Å². The number of aryl methyl sites for hydroxylation is 4. The van der Waals surface area contributed by atoms with Crippen molar-refractivity contribution in [3.05, 3.63) is 57.3 Å². The molecule has 7 rings (SSSR count). The fourth-order valence-corrected chi connectivity index (χ4v) is 20.8. The Hall–Kier alpha value is -1.98. The molecule has 0 spiro atoms. The molecule has 0 radical (unpaired) electrons. The van der Waals surface area contributed by atoms with E-state index in [9.17, 15) is 0 Å². The molecule has 0 amide bonds. The summed E-state index contributed by atoms with van der Waals surface area (Å²) in [4.78, 5) is 11.6. The zero-order valence-corrected chi connectivity index (χ0v) is 36.7. The van der Waals surface area contributed by atoms with Crippen molar-refractivity contribution in [1.29, 1.82) is 0 Å². The maximum Gasteiger partial charge on any atom is 0.122 e. The molecular weight excluding hydrogens is 749 g/mol. The van der Waals surface area contributed by atoms with Crippen molar-refractivity contribution < 1.29 is 5.11 Å². The summed E-state index contributed by atoms with van der Waals surface area (Å²) >= 11 is 9.32. The number of aliphatic hydroxyl groups excluding tert-OH is 1. The van der Waals surface area contributed by atoms with Gasteiger partial charge in [-0.1, -0.05) is 90.2 Å². The molecule has 0 atom stereocenters. The van der Waals surface area contributed by atoms with E-state index in [0.29, 0.717) is 6.61 Å². The van der Waals surface area contributed by atoms with E-state index in [2.05, 4.69) is 93.7 Å². The minimum Gasteiger partial charge on any atom is -0.396 e. The van der Waals surface area contributed by atoms with Crippen LogP contribution in [0, 0.1) is 20.8 Å². The van der Waals surface area contributed by atoms with Gasteiger partial charge in [-0.3, -0.25) is 0 Å². The first-order valence-corrected chi connectivity index (χ1v) is 26.1. The Morgan fingerprint density at radius 1 is 0.596 bits per heavy atom. The highest BCUT2D eigenvalue weighted by Gasteiger charge is 2.47. The minimum absolute atomic E-state index is 0.300. The fourth-order valence-electron chi connectivity index (χ4n) is 8.39. The molecule has 1 N–H and O–H groups in total. The molecule has 52 heavy (non-hydrogen) atoms. The quantitative estimate of drug-likeness (QED) is 0.0655. The summed E-state index contributed by atoms with van der Waals surface area (Å²) in [5.41, 5.74) is 7.30. The smallest absolute Gasteiger partial charge is 0.122 e. The third-order valence-electron chi connectivity index (χ3n) is 11.2. The zero-order valence-electron chi connectivity index (χ0n) is 31.7. The molecule has 1 aromatic carbocycles. The lowest BCUT2D eigenvalue weighted by atomic mass is 10.0. The molecule has 6 heterocycles. The number of rotatable bonds is 19. The molecule has 0 aliphatic carbocycles. The molecule has 5 aromatic heterocycles. The van der Waals surface area contributed by atoms with Crippen molar-refractivity contribution in [3.63, 3.8) is 0 Å². The van der Waals surface area contributed by atoms with Gasteiger partial charge in [-0.15, -0.1) is 45.3 Å². The number of aromatic nitrogens is 2. The van der Waals surface area contributed by atoms with Crippen molar-refractivity contribution in [2.75, 3.05) is 6.61 Å². The number of aliphatic hydroxyl groups is 1. The third-order valence-corrected chi connectivity index (χ3v) is 22.3. The molecule has 0 unspecified atom stereocenters. The van der Waals surface area contributed by atoms with Gasteiger partial charge in [-0.2, -0.15) is 8.75 Å². The van der Waals surface area contributed by atoms with Crippen molar-refractivity contribution in [1.82, 2.24) is 8.75 Å². The van der Waals surface area contributed by atoms with Crippen LogP contribution in [-0.4, -0.2) is 28.5 Å². The summed E-state index contributed by atoms with van der Waals surface area (Å²) in [5, 5.41) is 12.7. The Labute approximate surface area is 332 Å². The van der Waals surface area contributed by atoms with Crippen molar-refractivity contribution in [2.24, 2.45) is 0 Å². The largest absolute Gasteiger partial charge is 0.396 e. The lowest BCUT2D eigenvalue weighted by molar-refractivity contribution is 0.282. The lowest BCUT2D eigenvalue weighted by Gasteiger charge is -2.29. The monoisotopic (exact) mass is 802 g/mol. The number of fused-ring (bicyclic) bond motifs is 4. The fraction of sp³-hybridized carbons (Fsp3) is 0.488. The zero-order chi connectivity index (χ0) is 36.2. The van der Waals surface area contributed by atoms with Crippen LogP contribution in [0.3, 0.4) is 0 Å². The van der Waals surface area contributed by atoms with Crippen LogP contribution in [0.2, 0.25) is 12.1 Å². The number of benzene rings is 1. The Kier molecular flexibility index (Phi) is 12.7. The second kappa shape index (κ2) is 17.2. The topological polar surface area (TPSA) is 46.0 Å². The van der Waals surface area contributed by atoms with Crippen LogP contribution in [0.25, 0.3) is 51.4 Å². The van der Waals surface area contributed by atoms with E-state index >= 15 is 0 Å². The molecule has 0 fully saturated rings. The molecule has 9 heteroatoms. The SMILES string of the molecule is CCCCCC[Si]1(CCCCCC)c2cc(C)sc2-c2sc(-c3sc(-c4ccc(-c5cc(CCCCCCO)c(C)s5)c5nsnc45)cc3C)cc21. The molecule has 0 bridgehead atoms. The lowest BCUT2D eigenvalue weighted by Crippen LogP contribution is -2.54. The molecular formula is C43H54N2OS5Si. The first kappa shape index (κ1) is 38.3. The van der Waals surface area contributed by atoms with E-state index < -0.39 is 8.07 Å². The number of nitrogens with zero attached hydrogens (tertiary/aromatic N) is 2. The van der Waals surface area contributed by atoms with E-state index in [0.717, 1.165) is 30.3 Å². The number of unbranched alkanes of at least 4 members (excludes halogenated alkanes) is 9. The Bertz CT molecular complexity index is 2100. The predicted octanol–water partition coefficient (Wildman–Crippen LogP) is 13.7. The summed E-state index contributed by atoms with van der Waals surface area (Å²) in [5.74, 6) is 0. The van der Waals surface area contributed by atoms with E-state index in [1.54, 1.807) is 20.1 Å². The average molecular weight is 803 g/mol. The van der Waals surface area contributed by atoms with Crippen LogP contribution in [0.4, 0.5) is 0 Å². The summed E-state index contributed by atoms with van der Waals surface area (Å²) in [6.07, 6.45) is 16.3. The van der Waals surface area contributed by atoms with Crippen LogP contribution >= 0.6 is 57.1 Å². The second-order valence-corrected chi connectivity index (χ2v) is 24.4. The van der Waals surface area contributed by atoms with Crippen LogP contribution in [0.5, 0.6) is 0 Å². The number of hydrogen-bond donors (Lipinski definition) is 1. The van der Waals surface area contributed by atoms with E-state index in [-0.39, 0.29) is 0 Å². The van der Waals surface area contributed by atoms with Crippen LogP contribution in [0.15, 0.2) is 36.4 Å². The highest BCUT2D eigenvalue weighted by Crippen LogP contribution is 2.49. The Morgan fingerprint density at radius 2 is 1.19 bits per heavy atom. The second-order valence-electron chi connectivity index (χ2n) is 15.0. The predicted molar refractivity (Wildman–Crippen MR) is 237 cm³/mol. The molecule has 1 aliphatic heterocycles. The molecule has 3 nitrogen and oxygen atoms in total. The van der Waals surface area contributed by atoms with Gasteiger partial charge in [0.05, 0.1) is 11.7 Å². The third kappa shape index (κ3) is 7.62. The minimum atomic E-state index is -1.82. The summed E-state index contributed by atoms with van der Waals surface area (Å²) in [6.45, 7) is 11.9. The van der Waals surface area contributed by atoms with Crippen molar-refractivity contribution >= 4 is 86.6 Å². The normalized spacial score (nSPS) is 13.4. The standard InChI is InChI=1S/C43H54N2OS5Si/c1-6-8-10-16-22-52(23-17-11-9-7-2)37-25-29(4)47-42(37)43-38(52)27-36(50-43)41-28(3)24-34(49-41)32-19-20-33(40-39(32)44-51-45-40)35-26-31(30(5)48-35)18-14-12-13-15-21-46/h19-20,24-27,46H,6-18,21-23H2,1-5H3. The summed E-state index contributed by atoms with van der Waals surface area (Å²) < 4.78 is 9.78. The van der Waals surface area contributed by atoms with Crippen LogP contribution in [-0.2, 0) is 6.42 Å². The van der Waals surface area contributed by atoms with Crippen molar-refractivity contribution in [2.45, 2.75) is 130 Å². The van der Waals surface area contributed by atoms with Gasteiger partial charge in [0.1, 0.15) is 19.1 Å². The molecule has 6 aromatic rings. The van der Waals surface area contributed by atoms with Gasteiger partial charge in [-0.05, 0) is 97.9 Å². The van der Waals surface area contributed by atoms with E-state index in [1.165, 1.54) is 140 Å². The highest BCUT2D eigenvalue weighted by atomic mass is 32.1. The molecule has 1 aliphatic rings. The first-order chi connectivity index (χ1) is 25.4. The van der Waals surface area contributed by atoms with Crippen LogP contribution < -0.4 is 10.4 Å². The maximum absolute atomic E-state index is 9.12. The maximum atomic E-state index is 9.12. The first-order valence-electron chi connectivity index (χ1n) is 19.7. The van der Waals surface area contributed by atoms with Gasteiger partial charge >= 0.3 is 0 Å². The van der Waals surface area contributed by atoms with E-state index in [4.69, 9.17) is 13.9 Å². The summed E-state index contributed by atoms with van der Waals surface area (Å²) in [6, 6.07) is 17.5.